The van der Waals surface area contributed by atoms with Crippen LogP contribution in [-0.4, -0.2) is 36.1 Å². The van der Waals surface area contributed by atoms with E-state index < -0.39 is 0 Å². The van der Waals surface area contributed by atoms with Crippen molar-refractivity contribution in [3.63, 3.8) is 0 Å². The van der Waals surface area contributed by atoms with Gasteiger partial charge in [-0.1, -0.05) is 28.1 Å². The Kier molecular flexibility index (Phi) is 5.65. The molecule has 3 nitrogen and oxygen atoms in total. The summed E-state index contributed by atoms with van der Waals surface area (Å²) in [6, 6.07) is 6.12. The van der Waals surface area contributed by atoms with E-state index in [1.165, 1.54) is 5.56 Å². The first-order valence-electron chi connectivity index (χ1n) is 5.64. The molecule has 0 heterocycles. The van der Waals surface area contributed by atoms with Gasteiger partial charge in [0.15, 0.2) is 0 Å². The van der Waals surface area contributed by atoms with Gasteiger partial charge in [-0.2, -0.15) is 0 Å². The summed E-state index contributed by atoms with van der Waals surface area (Å²) >= 11 is 3.45. The Morgan fingerprint density at radius 1 is 1.47 bits per heavy atom. The fourth-order valence-corrected chi connectivity index (χ4v) is 1.83. The number of hydrogen-bond donors (Lipinski definition) is 1. The molecule has 17 heavy (non-hydrogen) atoms. The Balaban J connectivity index is 2.50. The Morgan fingerprint density at radius 3 is 2.76 bits per heavy atom. The number of hydrogen-bond acceptors (Lipinski definition) is 2. The van der Waals surface area contributed by atoms with Crippen LogP contribution in [0.2, 0.25) is 0 Å². The molecular weight excluding hydrogens is 282 g/mol. The predicted octanol–water partition coefficient (Wildman–Crippen LogP) is 2.14. The molecule has 0 aliphatic rings. The Labute approximate surface area is 111 Å². The largest absolute Gasteiger partial charge is 0.395 e. The minimum atomic E-state index is 0.0135. The van der Waals surface area contributed by atoms with Crippen molar-refractivity contribution in [2.24, 2.45) is 0 Å². The predicted molar refractivity (Wildman–Crippen MR) is 71.9 cm³/mol. The second-order valence-corrected chi connectivity index (χ2v) is 4.98. The third-order valence-corrected chi connectivity index (χ3v) is 3.60. The van der Waals surface area contributed by atoms with Crippen molar-refractivity contribution in [2.45, 2.75) is 19.8 Å². The third-order valence-electron chi connectivity index (χ3n) is 2.71. The van der Waals surface area contributed by atoms with Gasteiger partial charge in [0.05, 0.1) is 6.61 Å². The number of likely N-dealkylation sites (N-methyl/N-ethyl adjacent to an activating group) is 1. The summed E-state index contributed by atoms with van der Waals surface area (Å²) < 4.78 is 1.09. The minimum Gasteiger partial charge on any atom is -0.395 e. The highest BCUT2D eigenvalue weighted by atomic mass is 79.9. The monoisotopic (exact) mass is 299 g/mol. The van der Waals surface area contributed by atoms with Crippen molar-refractivity contribution in [1.82, 2.24) is 4.90 Å². The van der Waals surface area contributed by atoms with Gasteiger partial charge in [-0.15, -0.1) is 0 Å². The van der Waals surface area contributed by atoms with Gasteiger partial charge >= 0.3 is 0 Å². The standard InChI is InChI=1S/C13H18BrNO2/c1-10-9-11(3-5-12(10)14)4-6-13(17)15(2)7-8-16/h3,5,9,16H,4,6-8H2,1-2H3. The summed E-state index contributed by atoms with van der Waals surface area (Å²) in [7, 11) is 1.71. The van der Waals surface area contributed by atoms with Crippen molar-refractivity contribution >= 4 is 21.8 Å². The molecule has 0 aliphatic carbocycles. The molecule has 0 aromatic heterocycles. The minimum absolute atomic E-state index is 0.0135. The molecule has 0 atom stereocenters. The zero-order valence-corrected chi connectivity index (χ0v) is 11.8. The SMILES string of the molecule is Cc1cc(CCC(=O)N(C)CCO)ccc1Br. The maximum atomic E-state index is 11.7. The quantitative estimate of drug-likeness (QED) is 0.905. The number of halogens is 1. The lowest BCUT2D eigenvalue weighted by Gasteiger charge is -2.15. The number of aliphatic hydroxyl groups is 1. The van der Waals surface area contributed by atoms with E-state index in [9.17, 15) is 4.79 Å². The summed E-state index contributed by atoms with van der Waals surface area (Å²) in [5.74, 6) is 0.0691. The van der Waals surface area contributed by atoms with Crippen molar-refractivity contribution in [3.05, 3.63) is 33.8 Å². The normalized spacial score (nSPS) is 10.4. The summed E-state index contributed by atoms with van der Waals surface area (Å²) in [5.41, 5.74) is 2.34. The van der Waals surface area contributed by atoms with Crippen molar-refractivity contribution in [1.29, 1.82) is 0 Å². The van der Waals surface area contributed by atoms with Crippen molar-refractivity contribution in [3.8, 4) is 0 Å². The summed E-state index contributed by atoms with van der Waals surface area (Å²) in [5, 5.41) is 8.74. The van der Waals surface area contributed by atoms with Crippen molar-refractivity contribution in [2.75, 3.05) is 20.2 Å². The highest BCUT2D eigenvalue weighted by Gasteiger charge is 2.08. The molecule has 0 radical (unpaired) electrons. The molecule has 94 valence electrons. The maximum absolute atomic E-state index is 11.7. The molecule has 0 unspecified atom stereocenters. The van der Waals surface area contributed by atoms with Crippen LogP contribution in [0.1, 0.15) is 17.5 Å². The van der Waals surface area contributed by atoms with Crippen LogP contribution in [0.25, 0.3) is 0 Å². The van der Waals surface area contributed by atoms with E-state index in [2.05, 4.69) is 22.0 Å². The molecule has 0 fully saturated rings. The molecule has 0 aliphatic heterocycles. The van der Waals surface area contributed by atoms with Crippen molar-refractivity contribution < 1.29 is 9.90 Å². The van der Waals surface area contributed by atoms with Gasteiger partial charge in [0.1, 0.15) is 0 Å². The molecule has 1 rings (SSSR count). The molecule has 4 heteroatoms. The number of aliphatic hydroxyl groups excluding tert-OH is 1. The summed E-state index contributed by atoms with van der Waals surface area (Å²) in [6.07, 6.45) is 1.22. The van der Waals surface area contributed by atoms with Crippen LogP contribution in [0.15, 0.2) is 22.7 Å². The van der Waals surface area contributed by atoms with Crippen LogP contribution < -0.4 is 0 Å². The zero-order valence-electron chi connectivity index (χ0n) is 10.2. The van der Waals surface area contributed by atoms with Gasteiger partial charge in [-0.25, -0.2) is 0 Å². The van der Waals surface area contributed by atoms with Crippen LogP contribution in [-0.2, 0) is 11.2 Å². The smallest absolute Gasteiger partial charge is 0.222 e. The van der Waals surface area contributed by atoms with E-state index in [4.69, 9.17) is 5.11 Å². The summed E-state index contributed by atoms with van der Waals surface area (Å²) in [4.78, 5) is 13.2. The molecule has 1 aromatic carbocycles. The van der Waals surface area contributed by atoms with Crippen LogP contribution in [0.4, 0.5) is 0 Å². The number of benzene rings is 1. The van der Waals surface area contributed by atoms with E-state index in [1.54, 1.807) is 11.9 Å². The molecule has 0 saturated heterocycles. The first-order chi connectivity index (χ1) is 8.04. The van der Waals surface area contributed by atoms with E-state index in [0.29, 0.717) is 13.0 Å². The second kappa shape index (κ2) is 6.77. The Morgan fingerprint density at radius 2 is 2.18 bits per heavy atom. The molecule has 0 bridgehead atoms. The first kappa shape index (κ1) is 14.2. The number of carbonyl (C=O) groups excluding carboxylic acids is 1. The molecule has 1 N–H and O–H groups in total. The molecule has 0 saturated carbocycles. The Bertz CT molecular complexity index is 393. The number of rotatable bonds is 5. The zero-order chi connectivity index (χ0) is 12.8. The first-order valence-corrected chi connectivity index (χ1v) is 6.43. The lowest BCUT2D eigenvalue weighted by atomic mass is 10.1. The van der Waals surface area contributed by atoms with E-state index in [0.717, 1.165) is 16.5 Å². The topological polar surface area (TPSA) is 40.5 Å². The number of carbonyl (C=O) groups is 1. The van der Waals surface area contributed by atoms with Crippen LogP contribution in [0.3, 0.4) is 0 Å². The highest BCUT2D eigenvalue weighted by Crippen LogP contribution is 2.18. The van der Waals surface area contributed by atoms with Crippen LogP contribution in [0.5, 0.6) is 0 Å². The number of amides is 1. The lowest BCUT2D eigenvalue weighted by Crippen LogP contribution is -2.29. The second-order valence-electron chi connectivity index (χ2n) is 4.12. The summed E-state index contributed by atoms with van der Waals surface area (Å²) in [6.45, 7) is 2.45. The van der Waals surface area contributed by atoms with E-state index in [-0.39, 0.29) is 12.5 Å². The highest BCUT2D eigenvalue weighted by molar-refractivity contribution is 9.10. The average molecular weight is 300 g/mol. The molecule has 1 amide bonds. The fraction of sp³-hybridized carbons (Fsp3) is 0.462. The third kappa shape index (κ3) is 4.48. The van der Waals surface area contributed by atoms with Gasteiger partial charge < -0.3 is 10.0 Å². The van der Waals surface area contributed by atoms with Gasteiger partial charge in [-0.3, -0.25) is 4.79 Å². The molecule has 0 spiro atoms. The van der Waals surface area contributed by atoms with Gasteiger partial charge in [0.2, 0.25) is 5.91 Å². The number of nitrogens with zero attached hydrogens (tertiary/aromatic N) is 1. The van der Waals surface area contributed by atoms with E-state index in [1.807, 2.05) is 19.1 Å². The lowest BCUT2D eigenvalue weighted by molar-refractivity contribution is -0.130. The van der Waals surface area contributed by atoms with Crippen LogP contribution >= 0.6 is 15.9 Å². The van der Waals surface area contributed by atoms with Crippen LogP contribution in [0, 0.1) is 6.92 Å². The fourth-order valence-electron chi connectivity index (χ4n) is 1.58. The number of aryl methyl sites for hydroxylation is 2. The maximum Gasteiger partial charge on any atom is 0.222 e. The van der Waals surface area contributed by atoms with E-state index >= 15 is 0 Å². The molecular formula is C13H18BrNO2. The Hall–Kier alpha value is -0.870. The molecule has 1 aromatic rings. The van der Waals surface area contributed by atoms with Gasteiger partial charge in [0.25, 0.3) is 0 Å². The average Bonchev–Trinajstić information content (AvgIpc) is 2.30. The van der Waals surface area contributed by atoms with Gasteiger partial charge in [0, 0.05) is 24.5 Å². The van der Waals surface area contributed by atoms with Gasteiger partial charge in [-0.05, 0) is 30.5 Å².